The molecule has 6 nitrogen and oxygen atoms in total. The van der Waals surface area contributed by atoms with Crippen molar-refractivity contribution < 1.29 is 19.4 Å². The third-order valence-electron chi connectivity index (χ3n) is 2.78. The summed E-state index contributed by atoms with van der Waals surface area (Å²) in [5.41, 5.74) is 0.213. The minimum Gasteiger partial charge on any atom is -0.496 e. The van der Waals surface area contributed by atoms with Crippen molar-refractivity contribution in [3.63, 3.8) is 0 Å². The van der Waals surface area contributed by atoms with E-state index >= 15 is 0 Å². The summed E-state index contributed by atoms with van der Waals surface area (Å²) in [6.07, 6.45) is 1.61. The molecule has 0 aromatic heterocycles. The molecule has 1 rings (SSSR count). The van der Waals surface area contributed by atoms with Gasteiger partial charge in [0.2, 0.25) is 0 Å². The van der Waals surface area contributed by atoms with Crippen LogP contribution < -0.4 is 10.1 Å². The van der Waals surface area contributed by atoms with Gasteiger partial charge >= 0.3 is 12.0 Å². The Morgan fingerprint density at radius 2 is 2.19 bits per heavy atom. The number of carbonyl (C=O) groups is 2. The lowest BCUT2D eigenvalue weighted by molar-refractivity contribution is 0.0693. The Labute approximate surface area is 128 Å². The largest absolute Gasteiger partial charge is 0.496 e. The number of amides is 2. The molecule has 0 unspecified atom stereocenters. The summed E-state index contributed by atoms with van der Waals surface area (Å²) in [7, 11) is 1.34. The molecule has 0 bridgehead atoms. The van der Waals surface area contributed by atoms with E-state index in [2.05, 4.69) is 11.9 Å². The Morgan fingerprint density at radius 1 is 1.52 bits per heavy atom. The molecule has 0 aliphatic rings. The molecule has 1 aromatic rings. The molecular formula is C14H17ClN2O4. The molecule has 7 heteroatoms. The lowest BCUT2D eigenvalue weighted by Gasteiger charge is -2.20. The van der Waals surface area contributed by atoms with Gasteiger partial charge in [0.15, 0.2) is 0 Å². The number of halogens is 1. The zero-order valence-electron chi connectivity index (χ0n) is 11.9. The smallest absolute Gasteiger partial charge is 0.339 e. The van der Waals surface area contributed by atoms with Crippen LogP contribution in [0.3, 0.4) is 0 Å². The number of likely N-dealkylation sites (N-methyl/N-ethyl adjacent to an activating group) is 1. The lowest BCUT2D eigenvalue weighted by Crippen LogP contribution is -2.34. The second kappa shape index (κ2) is 7.54. The van der Waals surface area contributed by atoms with E-state index in [-0.39, 0.29) is 28.1 Å². The number of carboxylic acids is 1. The molecule has 0 fully saturated rings. The average Bonchev–Trinajstić information content (AvgIpc) is 2.45. The van der Waals surface area contributed by atoms with Crippen LogP contribution >= 0.6 is 11.6 Å². The number of rotatable bonds is 6. The molecule has 0 radical (unpaired) electrons. The summed E-state index contributed by atoms with van der Waals surface area (Å²) in [5.74, 6) is -1.04. The van der Waals surface area contributed by atoms with Crippen molar-refractivity contribution in [2.75, 3.05) is 25.5 Å². The number of urea groups is 1. The van der Waals surface area contributed by atoms with Crippen molar-refractivity contribution in [2.45, 2.75) is 6.92 Å². The maximum Gasteiger partial charge on any atom is 0.339 e. The fourth-order valence-electron chi connectivity index (χ4n) is 1.69. The summed E-state index contributed by atoms with van der Waals surface area (Å²) < 4.78 is 5.00. The summed E-state index contributed by atoms with van der Waals surface area (Å²) in [6, 6.07) is 2.26. The number of hydrogen-bond donors (Lipinski definition) is 2. The van der Waals surface area contributed by atoms with Crippen LogP contribution in [0.2, 0.25) is 5.02 Å². The summed E-state index contributed by atoms with van der Waals surface area (Å²) in [5, 5.41) is 11.8. The Kier molecular flexibility index (Phi) is 6.05. The summed E-state index contributed by atoms with van der Waals surface area (Å²) in [4.78, 5) is 24.6. The monoisotopic (exact) mass is 312 g/mol. The van der Waals surface area contributed by atoms with Gasteiger partial charge in [-0.2, -0.15) is 0 Å². The predicted molar refractivity (Wildman–Crippen MR) is 81.4 cm³/mol. The van der Waals surface area contributed by atoms with Crippen LogP contribution in [0.25, 0.3) is 0 Å². The fourth-order valence-corrected chi connectivity index (χ4v) is 1.90. The van der Waals surface area contributed by atoms with Gasteiger partial charge in [-0.05, 0) is 13.0 Å². The van der Waals surface area contributed by atoms with Crippen molar-refractivity contribution in [1.29, 1.82) is 0 Å². The number of carboxylic acid groups (broad SMARTS) is 1. The third-order valence-corrected chi connectivity index (χ3v) is 3.09. The molecule has 0 heterocycles. The topological polar surface area (TPSA) is 78.9 Å². The zero-order chi connectivity index (χ0) is 16.0. The zero-order valence-corrected chi connectivity index (χ0v) is 12.6. The Hall–Kier alpha value is -2.21. The van der Waals surface area contributed by atoms with Gasteiger partial charge in [0.05, 0.1) is 17.8 Å². The van der Waals surface area contributed by atoms with Crippen LogP contribution in [0.15, 0.2) is 24.8 Å². The molecular weight excluding hydrogens is 296 g/mol. The average molecular weight is 313 g/mol. The highest BCUT2D eigenvalue weighted by atomic mass is 35.5. The highest BCUT2D eigenvalue weighted by Gasteiger charge is 2.17. The SMILES string of the molecule is C=CCN(CC)C(=O)Nc1cc(OC)c(C(=O)O)cc1Cl. The molecule has 2 amide bonds. The van der Waals surface area contributed by atoms with Gasteiger partial charge < -0.3 is 20.1 Å². The van der Waals surface area contributed by atoms with Crippen molar-refractivity contribution >= 4 is 29.3 Å². The van der Waals surface area contributed by atoms with E-state index in [0.29, 0.717) is 13.1 Å². The molecule has 0 aliphatic heterocycles. The number of ether oxygens (including phenoxy) is 1. The number of methoxy groups -OCH3 is 1. The number of nitrogens with zero attached hydrogens (tertiary/aromatic N) is 1. The van der Waals surface area contributed by atoms with Crippen LogP contribution in [0, 0.1) is 0 Å². The van der Waals surface area contributed by atoms with Crippen molar-refractivity contribution in [3.05, 3.63) is 35.4 Å². The summed E-state index contributed by atoms with van der Waals surface area (Å²) in [6.45, 7) is 6.31. The number of hydrogen-bond acceptors (Lipinski definition) is 3. The Morgan fingerprint density at radius 3 is 2.67 bits per heavy atom. The Bertz CT molecular complexity index is 560. The molecule has 0 aliphatic carbocycles. The van der Waals surface area contributed by atoms with Gasteiger partial charge in [0, 0.05) is 19.2 Å². The minimum absolute atomic E-state index is 0.0704. The van der Waals surface area contributed by atoms with E-state index in [4.69, 9.17) is 21.4 Å². The van der Waals surface area contributed by atoms with Crippen LogP contribution in [0.5, 0.6) is 5.75 Å². The third kappa shape index (κ3) is 4.13. The number of benzene rings is 1. The fraction of sp³-hybridized carbons (Fsp3) is 0.286. The maximum atomic E-state index is 12.1. The second-order valence-electron chi connectivity index (χ2n) is 4.09. The van der Waals surface area contributed by atoms with Gasteiger partial charge in [-0.1, -0.05) is 17.7 Å². The predicted octanol–water partition coefficient (Wildman–Crippen LogP) is 3.09. The lowest BCUT2D eigenvalue weighted by atomic mass is 10.2. The number of nitrogens with one attached hydrogen (secondary N) is 1. The number of aromatic carboxylic acids is 1. The first kappa shape index (κ1) is 16.8. The molecule has 21 heavy (non-hydrogen) atoms. The van der Waals surface area contributed by atoms with Crippen LogP contribution in [0.1, 0.15) is 17.3 Å². The maximum absolute atomic E-state index is 12.1. The molecule has 114 valence electrons. The van der Waals surface area contributed by atoms with Gasteiger partial charge in [0.1, 0.15) is 11.3 Å². The van der Waals surface area contributed by atoms with E-state index in [0.717, 1.165) is 0 Å². The molecule has 0 saturated carbocycles. The van der Waals surface area contributed by atoms with Crippen molar-refractivity contribution in [1.82, 2.24) is 4.90 Å². The van der Waals surface area contributed by atoms with Crippen molar-refractivity contribution in [3.8, 4) is 5.75 Å². The van der Waals surface area contributed by atoms with Gasteiger partial charge in [0.25, 0.3) is 0 Å². The van der Waals surface area contributed by atoms with E-state index in [1.807, 2.05) is 6.92 Å². The molecule has 0 atom stereocenters. The molecule has 0 saturated heterocycles. The van der Waals surface area contributed by atoms with Gasteiger partial charge in [-0.25, -0.2) is 9.59 Å². The quantitative estimate of drug-likeness (QED) is 0.791. The standard InChI is InChI=1S/C14H17ClN2O4/c1-4-6-17(5-2)14(20)16-11-8-12(21-3)9(13(18)19)7-10(11)15/h4,7-8H,1,5-6H2,2-3H3,(H,16,20)(H,18,19). The van der Waals surface area contributed by atoms with Crippen molar-refractivity contribution in [2.24, 2.45) is 0 Å². The van der Waals surface area contributed by atoms with Crippen LogP contribution in [-0.4, -0.2) is 42.2 Å². The van der Waals surface area contributed by atoms with E-state index < -0.39 is 5.97 Å². The molecule has 0 spiro atoms. The highest BCUT2D eigenvalue weighted by Crippen LogP contribution is 2.31. The first-order valence-corrected chi connectivity index (χ1v) is 6.60. The Balaban J connectivity index is 3.06. The van der Waals surface area contributed by atoms with Crippen LogP contribution in [0.4, 0.5) is 10.5 Å². The van der Waals surface area contributed by atoms with E-state index in [1.54, 1.807) is 6.08 Å². The first-order chi connectivity index (χ1) is 9.94. The first-order valence-electron chi connectivity index (χ1n) is 6.22. The normalized spacial score (nSPS) is 9.86. The summed E-state index contributed by atoms with van der Waals surface area (Å²) >= 11 is 6.00. The van der Waals surface area contributed by atoms with Gasteiger partial charge in [-0.3, -0.25) is 0 Å². The second-order valence-corrected chi connectivity index (χ2v) is 4.50. The van der Waals surface area contributed by atoms with Crippen LogP contribution in [-0.2, 0) is 0 Å². The van der Waals surface area contributed by atoms with E-state index in [9.17, 15) is 9.59 Å². The molecule has 1 aromatic carbocycles. The highest BCUT2D eigenvalue weighted by molar-refractivity contribution is 6.34. The number of anilines is 1. The number of carbonyl (C=O) groups excluding carboxylic acids is 1. The van der Waals surface area contributed by atoms with E-state index in [1.165, 1.54) is 24.1 Å². The molecule has 2 N–H and O–H groups in total. The minimum atomic E-state index is -1.16. The van der Waals surface area contributed by atoms with Gasteiger partial charge in [-0.15, -0.1) is 6.58 Å².